The maximum atomic E-state index is 4.12. The first-order valence-corrected chi connectivity index (χ1v) is 5.01. The van der Waals surface area contributed by atoms with Crippen molar-refractivity contribution in [2.75, 3.05) is 33.2 Å². The van der Waals surface area contributed by atoms with Crippen LogP contribution in [0, 0.1) is 5.92 Å². The fourth-order valence-corrected chi connectivity index (χ4v) is 1.58. The van der Waals surface area contributed by atoms with Crippen molar-refractivity contribution in [3.05, 3.63) is 12.3 Å². The van der Waals surface area contributed by atoms with Crippen LogP contribution in [-0.2, 0) is 0 Å². The molecule has 1 heterocycles. The van der Waals surface area contributed by atoms with Gasteiger partial charge in [0, 0.05) is 31.9 Å². The standard InChI is InChI=1S/C10H21N3/c1-9(2)10(3)12-5-7-13(11-4)8-6-12/h9,11H,3,5-8H2,1-2,4H3. The van der Waals surface area contributed by atoms with Gasteiger partial charge in [0.25, 0.3) is 0 Å². The Balaban J connectivity index is 2.36. The van der Waals surface area contributed by atoms with Gasteiger partial charge in [0.2, 0.25) is 0 Å². The number of hydrazine groups is 1. The highest BCUT2D eigenvalue weighted by atomic mass is 15.5. The highest BCUT2D eigenvalue weighted by Gasteiger charge is 2.17. The van der Waals surface area contributed by atoms with Crippen molar-refractivity contribution in [2.24, 2.45) is 5.92 Å². The van der Waals surface area contributed by atoms with Gasteiger partial charge in [-0.15, -0.1) is 0 Å². The Kier molecular flexibility index (Phi) is 3.75. The number of hydrogen-bond donors (Lipinski definition) is 1. The molecule has 0 saturated carbocycles. The van der Waals surface area contributed by atoms with Crippen molar-refractivity contribution in [1.29, 1.82) is 0 Å². The van der Waals surface area contributed by atoms with Crippen LogP contribution in [0.4, 0.5) is 0 Å². The molecule has 1 saturated heterocycles. The molecule has 1 aliphatic heterocycles. The molecule has 13 heavy (non-hydrogen) atoms. The molecule has 0 bridgehead atoms. The lowest BCUT2D eigenvalue weighted by molar-refractivity contribution is 0.114. The smallest absolute Gasteiger partial charge is 0.0317 e. The monoisotopic (exact) mass is 183 g/mol. The van der Waals surface area contributed by atoms with Gasteiger partial charge in [-0.2, -0.15) is 0 Å². The normalized spacial score (nSPS) is 19.5. The molecule has 0 aromatic carbocycles. The quantitative estimate of drug-likeness (QED) is 0.701. The topological polar surface area (TPSA) is 18.5 Å². The van der Waals surface area contributed by atoms with Gasteiger partial charge in [0.1, 0.15) is 0 Å². The summed E-state index contributed by atoms with van der Waals surface area (Å²) in [4.78, 5) is 2.39. The lowest BCUT2D eigenvalue weighted by atomic mass is 10.1. The highest BCUT2D eigenvalue weighted by molar-refractivity contribution is 4.98. The Hall–Kier alpha value is -0.540. The Morgan fingerprint density at radius 1 is 1.23 bits per heavy atom. The molecule has 0 amide bonds. The van der Waals surface area contributed by atoms with Crippen LogP contribution >= 0.6 is 0 Å². The molecule has 76 valence electrons. The van der Waals surface area contributed by atoms with E-state index >= 15 is 0 Å². The van der Waals surface area contributed by atoms with Crippen molar-refractivity contribution in [2.45, 2.75) is 13.8 Å². The third-order valence-electron chi connectivity index (χ3n) is 2.67. The van der Waals surface area contributed by atoms with Gasteiger partial charge in [-0.25, -0.2) is 5.01 Å². The van der Waals surface area contributed by atoms with E-state index in [0.29, 0.717) is 5.92 Å². The Morgan fingerprint density at radius 3 is 2.15 bits per heavy atom. The minimum Gasteiger partial charge on any atom is -0.372 e. The molecule has 3 heteroatoms. The number of hydrogen-bond acceptors (Lipinski definition) is 3. The predicted octanol–water partition coefficient (Wildman–Crippen LogP) is 0.908. The van der Waals surface area contributed by atoms with E-state index in [1.165, 1.54) is 5.70 Å². The van der Waals surface area contributed by atoms with Crippen molar-refractivity contribution in [3.63, 3.8) is 0 Å². The lowest BCUT2D eigenvalue weighted by Crippen LogP contribution is -2.50. The van der Waals surface area contributed by atoms with Crippen LogP contribution in [0.15, 0.2) is 12.3 Å². The van der Waals surface area contributed by atoms with Gasteiger partial charge in [0.15, 0.2) is 0 Å². The molecule has 0 unspecified atom stereocenters. The lowest BCUT2D eigenvalue weighted by Gasteiger charge is -2.37. The number of nitrogens with zero attached hydrogens (tertiary/aromatic N) is 2. The largest absolute Gasteiger partial charge is 0.372 e. The third-order valence-corrected chi connectivity index (χ3v) is 2.67. The maximum Gasteiger partial charge on any atom is 0.0317 e. The molecule has 1 rings (SSSR count). The summed E-state index contributed by atoms with van der Waals surface area (Å²) in [7, 11) is 1.98. The van der Waals surface area contributed by atoms with Crippen molar-refractivity contribution < 1.29 is 0 Å². The van der Waals surface area contributed by atoms with Crippen molar-refractivity contribution in [3.8, 4) is 0 Å². The zero-order valence-corrected chi connectivity index (χ0v) is 9.01. The molecule has 0 aromatic heterocycles. The molecule has 0 radical (unpaired) electrons. The summed E-state index contributed by atoms with van der Waals surface area (Å²) in [6, 6.07) is 0. The minimum atomic E-state index is 0.570. The molecule has 0 spiro atoms. The summed E-state index contributed by atoms with van der Waals surface area (Å²) in [6.07, 6.45) is 0. The van der Waals surface area contributed by atoms with E-state index in [0.717, 1.165) is 26.2 Å². The van der Waals surface area contributed by atoms with Crippen LogP contribution in [-0.4, -0.2) is 43.1 Å². The average Bonchev–Trinajstić information content (AvgIpc) is 2.17. The predicted molar refractivity (Wildman–Crippen MR) is 56.2 cm³/mol. The van der Waals surface area contributed by atoms with Gasteiger partial charge in [-0.3, -0.25) is 5.43 Å². The van der Waals surface area contributed by atoms with Gasteiger partial charge in [-0.05, 0) is 13.0 Å². The number of allylic oxidation sites excluding steroid dienone is 1. The van der Waals surface area contributed by atoms with Gasteiger partial charge in [-0.1, -0.05) is 20.4 Å². The van der Waals surface area contributed by atoms with E-state index in [1.54, 1.807) is 0 Å². The molecule has 1 N–H and O–H groups in total. The first-order chi connectivity index (χ1) is 6.15. The summed E-state index contributed by atoms with van der Waals surface area (Å²) in [5.41, 5.74) is 4.44. The van der Waals surface area contributed by atoms with Crippen molar-refractivity contribution >= 4 is 0 Å². The number of rotatable bonds is 3. The minimum absolute atomic E-state index is 0.570. The van der Waals surface area contributed by atoms with E-state index < -0.39 is 0 Å². The maximum absolute atomic E-state index is 4.12. The van der Waals surface area contributed by atoms with E-state index in [1.807, 2.05) is 7.05 Å². The first kappa shape index (κ1) is 10.5. The summed E-state index contributed by atoms with van der Waals surface area (Å²) in [5, 5.41) is 2.24. The molecule has 0 atom stereocenters. The molecule has 0 aliphatic carbocycles. The van der Waals surface area contributed by atoms with Crippen LogP contribution in [0.2, 0.25) is 0 Å². The summed E-state index contributed by atoms with van der Waals surface area (Å²) in [5.74, 6) is 0.570. The second kappa shape index (κ2) is 4.63. The van der Waals surface area contributed by atoms with E-state index in [4.69, 9.17) is 0 Å². The molecule has 0 aromatic rings. The van der Waals surface area contributed by atoms with Crippen LogP contribution < -0.4 is 5.43 Å². The zero-order chi connectivity index (χ0) is 9.84. The molecule has 1 aliphatic rings. The zero-order valence-electron chi connectivity index (χ0n) is 9.01. The van der Waals surface area contributed by atoms with Crippen molar-refractivity contribution in [1.82, 2.24) is 15.3 Å². The van der Waals surface area contributed by atoms with Gasteiger partial charge < -0.3 is 4.90 Å². The van der Waals surface area contributed by atoms with Crippen LogP contribution in [0.5, 0.6) is 0 Å². The molecule has 3 nitrogen and oxygen atoms in total. The van der Waals surface area contributed by atoms with Gasteiger partial charge in [0.05, 0.1) is 0 Å². The summed E-state index contributed by atoms with van der Waals surface area (Å²) in [6.45, 7) is 12.9. The summed E-state index contributed by atoms with van der Waals surface area (Å²) < 4.78 is 0. The number of nitrogens with one attached hydrogen (secondary N) is 1. The van der Waals surface area contributed by atoms with Crippen LogP contribution in [0.25, 0.3) is 0 Å². The average molecular weight is 183 g/mol. The van der Waals surface area contributed by atoms with E-state index in [9.17, 15) is 0 Å². The molecular formula is C10H21N3. The third kappa shape index (κ3) is 2.71. The molecule has 1 fully saturated rings. The molecular weight excluding hydrogens is 162 g/mol. The highest BCUT2D eigenvalue weighted by Crippen LogP contribution is 2.14. The first-order valence-electron chi connectivity index (χ1n) is 5.01. The van der Waals surface area contributed by atoms with Crippen LogP contribution in [0.3, 0.4) is 0 Å². The Bertz CT molecular complexity index is 169. The summed E-state index contributed by atoms with van der Waals surface area (Å²) >= 11 is 0. The van der Waals surface area contributed by atoms with Gasteiger partial charge >= 0.3 is 0 Å². The fourth-order valence-electron chi connectivity index (χ4n) is 1.58. The van der Waals surface area contributed by atoms with E-state index in [2.05, 4.69) is 35.8 Å². The van der Waals surface area contributed by atoms with E-state index in [-0.39, 0.29) is 0 Å². The SMILES string of the molecule is C=C(C(C)C)N1CCN(NC)CC1. The van der Waals surface area contributed by atoms with Crippen LogP contribution in [0.1, 0.15) is 13.8 Å². The second-order valence-corrected chi connectivity index (χ2v) is 3.84. The fraction of sp³-hybridized carbons (Fsp3) is 0.800. The Morgan fingerprint density at radius 2 is 1.77 bits per heavy atom. The Labute approximate surface area is 81.4 Å². The second-order valence-electron chi connectivity index (χ2n) is 3.84. The number of piperazine rings is 1.